The van der Waals surface area contributed by atoms with Crippen LogP contribution >= 0.6 is 27.7 Å². The van der Waals surface area contributed by atoms with Crippen molar-refractivity contribution in [2.45, 2.75) is 30.9 Å². The van der Waals surface area contributed by atoms with Gasteiger partial charge in [0.25, 0.3) is 0 Å². The number of nitrogens with zero attached hydrogens (tertiary/aromatic N) is 5. The van der Waals surface area contributed by atoms with Gasteiger partial charge in [-0.1, -0.05) is 58.0 Å². The minimum absolute atomic E-state index is 0.160. The van der Waals surface area contributed by atoms with Crippen LogP contribution in [0.25, 0.3) is 5.69 Å². The van der Waals surface area contributed by atoms with Gasteiger partial charge in [-0.3, -0.25) is 14.7 Å². The summed E-state index contributed by atoms with van der Waals surface area (Å²) in [5.41, 5.74) is 3.88. The van der Waals surface area contributed by atoms with Crippen molar-refractivity contribution in [2.75, 3.05) is 6.54 Å². The summed E-state index contributed by atoms with van der Waals surface area (Å²) in [4.78, 5) is 11.4. The second-order valence-electron chi connectivity index (χ2n) is 8.07. The van der Waals surface area contributed by atoms with Gasteiger partial charge in [0.1, 0.15) is 23.4 Å². The topological polar surface area (TPSA) is 107 Å². The highest BCUT2D eigenvalue weighted by atomic mass is 79.9. The molecule has 0 radical (unpaired) electrons. The second kappa shape index (κ2) is 11.4. The molecule has 0 N–H and O–H groups in total. The molecule has 1 atom stereocenters. The van der Waals surface area contributed by atoms with Crippen LogP contribution in [0.15, 0.2) is 76.4 Å². The summed E-state index contributed by atoms with van der Waals surface area (Å²) in [5, 5.41) is 29.6. The first-order valence-corrected chi connectivity index (χ1v) is 12.7. The maximum absolute atomic E-state index is 11.7. The molecule has 0 spiro atoms. The highest BCUT2D eigenvalue weighted by molar-refractivity contribution is 9.10. The molecular formula is C26H22BrN5O3S. The van der Waals surface area contributed by atoms with Crippen molar-refractivity contribution in [1.29, 1.82) is 5.26 Å². The summed E-state index contributed by atoms with van der Waals surface area (Å²) in [6.45, 7) is 3.67. The first kappa shape index (κ1) is 25.4. The first-order chi connectivity index (χ1) is 17.4. The van der Waals surface area contributed by atoms with E-state index in [1.54, 1.807) is 18.2 Å². The molecule has 10 heteroatoms. The Labute approximate surface area is 221 Å². The maximum Gasteiger partial charge on any atom is 0.220 e. The van der Waals surface area contributed by atoms with Gasteiger partial charge >= 0.3 is 0 Å². The van der Waals surface area contributed by atoms with Gasteiger partial charge in [-0.15, -0.1) is 10.2 Å². The van der Waals surface area contributed by atoms with Crippen LogP contribution in [0.4, 0.5) is 0 Å². The Morgan fingerprint density at radius 2 is 1.94 bits per heavy atom. The predicted octanol–water partition coefficient (Wildman–Crippen LogP) is 6.21. The number of benzene rings is 3. The van der Waals surface area contributed by atoms with Crippen LogP contribution in [0.1, 0.15) is 33.3 Å². The van der Waals surface area contributed by atoms with Crippen molar-refractivity contribution >= 4 is 27.7 Å². The lowest BCUT2D eigenvalue weighted by Gasteiger charge is -2.19. The van der Waals surface area contributed by atoms with E-state index in [1.165, 1.54) is 11.8 Å². The molecule has 8 nitrogen and oxygen atoms in total. The van der Waals surface area contributed by atoms with Crippen molar-refractivity contribution in [3.05, 3.63) is 109 Å². The molecule has 0 amide bonds. The van der Waals surface area contributed by atoms with E-state index >= 15 is 0 Å². The van der Waals surface area contributed by atoms with Gasteiger partial charge in [0.15, 0.2) is 5.16 Å². The number of ether oxygens (including phenoxy) is 1. The smallest absolute Gasteiger partial charge is 0.220 e. The number of nitriles is 1. The maximum atomic E-state index is 11.7. The summed E-state index contributed by atoms with van der Waals surface area (Å²) >= 11 is 4.75. The standard InChI is InChI=1S/C26H22BrN5O3S/c1-17-6-5-9-22(12-17)32-18(2)29-30-26(32)36-25(15-31(33)34)23-13-21(27)10-11-24(23)35-16-20-8-4-3-7-19(20)14-28/h3-13,25H,15-16H2,1-2H3/t25-/m0/s1. The molecular weight excluding hydrogens is 542 g/mol. The summed E-state index contributed by atoms with van der Waals surface area (Å²) in [6, 6.07) is 22.7. The van der Waals surface area contributed by atoms with Crippen molar-refractivity contribution in [3.8, 4) is 17.5 Å². The molecule has 0 fully saturated rings. The molecule has 1 aromatic heterocycles. The highest BCUT2D eigenvalue weighted by Crippen LogP contribution is 2.41. The largest absolute Gasteiger partial charge is 0.489 e. The summed E-state index contributed by atoms with van der Waals surface area (Å²) in [6.07, 6.45) is 0. The first-order valence-electron chi connectivity index (χ1n) is 11.0. The zero-order valence-corrected chi connectivity index (χ0v) is 22.0. The Morgan fingerprint density at radius 3 is 2.69 bits per heavy atom. The molecule has 0 unspecified atom stereocenters. The Morgan fingerprint density at radius 1 is 1.14 bits per heavy atom. The number of aromatic nitrogens is 3. The third kappa shape index (κ3) is 5.93. The average Bonchev–Trinajstić information content (AvgIpc) is 3.22. The molecule has 0 aliphatic carbocycles. The fourth-order valence-electron chi connectivity index (χ4n) is 3.76. The minimum Gasteiger partial charge on any atom is -0.489 e. The predicted molar refractivity (Wildman–Crippen MR) is 141 cm³/mol. The van der Waals surface area contributed by atoms with E-state index in [0.29, 0.717) is 27.9 Å². The van der Waals surface area contributed by atoms with Crippen molar-refractivity contribution < 1.29 is 9.66 Å². The van der Waals surface area contributed by atoms with Crippen LogP contribution < -0.4 is 4.74 Å². The third-order valence-electron chi connectivity index (χ3n) is 5.46. The van der Waals surface area contributed by atoms with Crippen molar-refractivity contribution in [1.82, 2.24) is 14.8 Å². The number of rotatable bonds is 9. The molecule has 182 valence electrons. The van der Waals surface area contributed by atoms with Crippen LogP contribution in [0.3, 0.4) is 0 Å². The number of thioether (sulfide) groups is 1. The van der Waals surface area contributed by atoms with E-state index in [1.807, 2.05) is 66.9 Å². The number of halogens is 1. The molecule has 0 saturated heterocycles. The van der Waals surface area contributed by atoms with Gasteiger partial charge in [-0.25, -0.2) is 0 Å². The van der Waals surface area contributed by atoms with Crippen molar-refractivity contribution in [2.24, 2.45) is 0 Å². The van der Waals surface area contributed by atoms with Crippen LogP contribution in [0.5, 0.6) is 5.75 Å². The highest BCUT2D eigenvalue weighted by Gasteiger charge is 2.27. The van der Waals surface area contributed by atoms with E-state index < -0.39 is 5.25 Å². The van der Waals surface area contributed by atoms with Gasteiger partial charge < -0.3 is 4.74 Å². The van der Waals surface area contributed by atoms with Gasteiger partial charge in [0.2, 0.25) is 6.54 Å². The Bertz CT molecular complexity index is 1450. The average molecular weight is 564 g/mol. The van der Waals surface area contributed by atoms with Crippen LogP contribution in [-0.4, -0.2) is 26.2 Å². The van der Waals surface area contributed by atoms with E-state index in [2.05, 4.69) is 32.2 Å². The van der Waals surface area contributed by atoms with Gasteiger partial charge in [-0.05, 0) is 55.8 Å². The third-order valence-corrected chi connectivity index (χ3v) is 7.11. The Kier molecular flexibility index (Phi) is 8.03. The monoisotopic (exact) mass is 563 g/mol. The molecule has 36 heavy (non-hydrogen) atoms. The SMILES string of the molecule is Cc1cccc(-n2c(C)nnc2S[C@@H](C[N+](=O)[O-])c2cc(Br)ccc2OCc2ccccc2C#N)c1. The van der Waals surface area contributed by atoms with E-state index in [9.17, 15) is 15.4 Å². The lowest BCUT2D eigenvalue weighted by atomic mass is 10.1. The van der Waals surface area contributed by atoms with Crippen LogP contribution in [-0.2, 0) is 6.61 Å². The Balaban J connectivity index is 1.70. The van der Waals surface area contributed by atoms with Gasteiger partial charge in [-0.2, -0.15) is 5.26 Å². The molecule has 0 aliphatic heterocycles. The molecule has 1 heterocycles. The summed E-state index contributed by atoms with van der Waals surface area (Å²) in [7, 11) is 0. The summed E-state index contributed by atoms with van der Waals surface area (Å²) < 4.78 is 8.77. The normalized spacial score (nSPS) is 11.6. The van der Waals surface area contributed by atoms with E-state index in [4.69, 9.17) is 4.74 Å². The zero-order valence-electron chi connectivity index (χ0n) is 19.6. The molecule has 0 aliphatic rings. The van der Waals surface area contributed by atoms with Crippen molar-refractivity contribution in [3.63, 3.8) is 0 Å². The lowest BCUT2D eigenvalue weighted by Crippen LogP contribution is -2.13. The fourth-order valence-corrected chi connectivity index (χ4v) is 5.33. The zero-order chi connectivity index (χ0) is 25.7. The molecule has 4 aromatic rings. The van der Waals surface area contributed by atoms with Crippen LogP contribution in [0, 0.1) is 35.3 Å². The summed E-state index contributed by atoms with van der Waals surface area (Å²) in [5.74, 6) is 1.19. The number of hydrogen-bond donors (Lipinski definition) is 0. The van der Waals surface area contributed by atoms with Crippen LogP contribution in [0.2, 0.25) is 0 Å². The van der Waals surface area contributed by atoms with Gasteiger partial charge in [0, 0.05) is 26.2 Å². The second-order valence-corrected chi connectivity index (χ2v) is 10.2. The molecule has 0 saturated carbocycles. The van der Waals surface area contributed by atoms with E-state index in [0.717, 1.165) is 21.3 Å². The Hall–Kier alpha value is -3.68. The molecule has 3 aromatic carbocycles. The molecule has 0 bridgehead atoms. The lowest BCUT2D eigenvalue weighted by molar-refractivity contribution is -0.479. The minimum atomic E-state index is -0.606. The molecule has 4 rings (SSSR count). The number of hydrogen-bond acceptors (Lipinski definition) is 7. The van der Waals surface area contributed by atoms with E-state index in [-0.39, 0.29) is 18.1 Å². The number of aryl methyl sites for hydroxylation is 2. The number of nitro groups is 1. The van der Waals surface area contributed by atoms with Gasteiger partial charge in [0.05, 0.1) is 11.6 Å². The quantitative estimate of drug-likeness (QED) is 0.135. The fraction of sp³-hybridized carbons (Fsp3) is 0.192.